The van der Waals surface area contributed by atoms with Gasteiger partial charge in [0.25, 0.3) is 0 Å². The summed E-state index contributed by atoms with van der Waals surface area (Å²) < 4.78 is 5.40. The molecule has 21 nitrogen and oxygen atoms in total. The van der Waals surface area contributed by atoms with E-state index >= 15 is 0 Å². The Morgan fingerprint density at radius 1 is 0.384 bits per heavy atom. The fourth-order valence-corrected chi connectivity index (χ4v) is 14.9. The Morgan fingerprint density at radius 2 is 0.860 bits per heavy atom. The molecular formula is C65H140N20O. The van der Waals surface area contributed by atoms with E-state index in [1.54, 1.807) is 0 Å². The highest BCUT2D eigenvalue weighted by molar-refractivity contribution is 4.97. The fourth-order valence-electron chi connectivity index (χ4n) is 14.9. The van der Waals surface area contributed by atoms with Gasteiger partial charge in [0.05, 0.1) is 13.2 Å². The summed E-state index contributed by atoms with van der Waals surface area (Å²) in [5.41, 5.74) is 0. The number of ether oxygens (including phenoxy) is 1. The minimum absolute atomic E-state index is 0.581. The summed E-state index contributed by atoms with van der Waals surface area (Å²) in [4.78, 5) is 24.0. The van der Waals surface area contributed by atoms with Gasteiger partial charge in [-0.1, -0.05) is 6.42 Å². The van der Waals surface area contributed by atoms with Crippen LogP contribution in [0.4, 0.5) is 0 Å². The summed E-state index contributed by atoms with van der Waals surface area (Å²) in [6.45, 7) is 41.3. The van der Waals surface area contributed by atoms with Gasteiger partial charge in [-0.25, -0.2) is 0 Å². The van der Waals surface area contributed by atoms with Crippen molar-refractivity contribution in [1.29, 1.82) is 0 Å². The SMILES string of the molecule is CC1CNCCN1C.CC1NCCN(C)C1C.CN1C2CNCC1C2.CN1CC2CCC(C1)N2.CN1CC2CCCC(C1)N2.CN1CC2CNCC2C1.CN1CC2COCC(C1)N2.CN1CCCNCC1.CN1CCNCC1.CNC1CCN(C)C1. The number of fused-ring (bicyclic) bond motifs is 9. The molecule has 16 fully saturated rings. The highest BCUT2D eigenvalue weighted by Gasteiger charge is 2.38. The van der Waals surface area contributed by atoms with E-state index in [4.69, 9.17) is 4.74 Å². The molecule has 506 valence electrons. The monoisotopic (exact) mass is 1220 g/mol. The minimum Gasteiger partial charge on any atom is -0.378 e. The van der Waals surface area contributed by atoms with Crippen LogP contribution in [0.25, 0.3) is 0 Å². The van der Waals surface area contributed by atoms with Gasteiger partial charge in [-0.3, -0.25) is 4.90 Å². The first kappa shape index (κ1) is 74.2. The van der Waals surface area contributed by atoms with Crippen LogP contribution in [0.2, 0.25) is 0 Å². The molecule has 16 heterocycles. The molecular weight excluding hydrogens is 1080 g/mol. The number of piperazine rings is 7. The highest BCUT2D eigenvalue weighted by atomic mass is 16.5. The Labute approximate surface area is 528 Å². The van der Waals surface area contributed by atoms with E-state index in [2.05, 4.69) is 193 Å². The van der Waals surface area contributed by atoms with Gasteiger partial charge in [0, 0.05) is 216 Å². The molecule has 0 aromatic heterocycles. The number of hydrogen-bond acceptors (Lipinski definition) is 21. The minimum atomic E-state index is 0.581. The van der Waals surface area contributed by atoms with E-state index in [1.165, 1.54) is 176 Å². The average Bonchev–Trinajstić information content (AvgIpc) is 3.28. The van der Waals surface area contributed by atoms with Crippen LogP contribution < -0.4 is 53.2 Å². The molecule has 0 saturated carbocycles. The Morgan fingerprint density at radius 3 is 1.29 bits per heavy atom. The van der Waals surface area contributed by atoms with Crippen LogP contribution in [0.15, 0.2) is 0 Å². The highest BCUT2D eigenvalue weighted by Crippen LogP contribution is 2.26. The standard InChI is InChI=1S/C8H16N2.C7H14N2O.2C7H14N2.C7H16N2.C6H12N2.3C6H14N2.C5H12N2/c1-10-5-7-3-2-4-8(6-10)9-7;1-9-2-6-4-10-5-7(3-9)8-6;1-9-4-6-2-8-3-7(6)5-9;1-9-4-6-2-3-7(5-9)8-6;1-6-7(2)9(3)5-4-8-6;1-8-5-2-6(8)4-7-3-5;1-7-6-3-4-8(2)5-6;1-6-5-7-3-4-8(6)2;1-8-5-2-3-7-4-6-8;1-7-4-2-6-3-5-7/h7-9H,2-6H2,1H3;6-8H,2-5H2,1H3;2*6-8H,2-5H2,1H3;6-8H,4-5H2,1-3H3;5-7H,2-4H2,1H3;2*6-7H,3-5H2,1-2H3;7H,2-6H2,1H3;6H,2-5H2,1H3. The molecule has 14 unspecified atom stereocenters. The summed E-state index contributed by atoms with van der Waals surface area (Å²) >= 11 is 0. The van der Waals surface area contributed by atoms with Crippen molar-refractivity contribution in [1.82, 2.24) is 102 Å². The van der Waals surface area contributed by atoms with Crippen LogP contribution in [0.5, 0.6) is 0 Å². The molecule has 0 aromatic carbocycles. The topological polar surface area (TPSA) is 162 Å². The maximum Gasteiger partial charge on any atom is 0.0633 e. The van der Waals surface area contributed by atoms with Gasteiger partial charge in [0.2, 0.25) is 0 Å². The van der Waals surface area contributed by atoms with Crippen molar-refractivity contribution in [2.75, 3.05) is 267 Å². The number of likely N-dealkylation sites (tertiary alicyclic amines) is 4. The molecule has 14 atom stereocenters. The zero-order chi connectivity index (χ0) is 61.8. The summed E-state index contributed by atoms with van der Waals surface area (Å²) in [6, 6.07) is 8.96. The Kier molecular flexibility index (Phi) is 35.4. The molecule has 86 heavy (non-hydrogen) atoms. The first-order chi connectivity index (χ1) is 41.4. The first-order valence-electron chi connectivity index (χ1n) is 35.1. The van der Waals surface area contributed by atoms with Gasteiger partial charge in [0.15, 0.2) is 0 Å². The third kappa shape index (κ3) is 28.2. The lowest BCUT2D eigenvalue weighted by Crippen LogP contribution is -2.66. The maximum atomic E-state index is 5.40. The summed E-state index contributed by atoms with van der Waals surface area (Å²) in [6.07, 6.45) is 11.1. The lowest BCUT2D eigenvalue weighted by Gasteiger charge is -2.51. The van der Waals surface area contributed by atoms with E-state index in [1.807, 2.05) is 7.05 Å². The zero-order valence-electron chi connectivity index (χ0n) is 58.1. The van der Waals surface area contributed by atoms with Crippen molar-refractivity contribution in [3.05, 3.63) is 0 Å². The quantitative estimate of drug-likeness (QED) is 0.152. The van der Waals surface area contributed by atoms with Gasteiger partial charge in [-0.15, -0.1) is 0 Å². The van der Waals surface area contributed by atoms with Crippen LogP contribution in [-0.4, -0.2) is 389 Å². The Hall–Kier alpha value is -0.840. The van der Waals surface area contributed by atoms with Crippen molar-refractivity contribution >= 4 is 0 Å². The van der Waals surface area contributed by atoms with Crippen LogP contribution in [-0.2, 0) is 4.74 Å². The van der Waals surface area contributed by atoms with Crippen LogP contribution >= 0.6 is 0 Å². The average molecular weight is 1220 g/mol. The predicted molar refractivity (Wildman–Crippen MR) is 364 cm³/mol. The second-order valence-corrected chi connectivity index (χ2v) is 29.2. The van der Waals surface area contributed by atoms with Gasteiger partial charge in [0.1, 0.15) is 0 Å². The van der Waals surface area contributed by atoms with Gasteiger partial charge >= 0.3 is 0 Å². The Balaban J connectivity index is 0.000000153. The molecule has 0 spiro atoms. The van der Waals surface area contributed by atoms with Crippen LogP contribution in [0, 0.1) is 11.8 Å². The van der Waals surface area contributed by atoms with E-state index < -0.39 is 0 Å². The zero-order valence-corrected chi connectivity index (χ0v) is 58.1. The lowest BCUT2D eigenvalue weighted by atomic mass is 9.90. The van der Waals surface area contributed by atoms with Crippen molar-refractivity contribution in [2.24, 2.45) is 11.8 Å². The van der Waals surface area contributed by atoms with E-state index in [-0.39, 0.29) is 0 Å². The normalized spacial score (nSPS) is 37.6. The molecule has 16 aliphatic heterocycles. The number of hydrogen-bond donors (Lipinski definition) is 10. The molecule has 16 aliphatic rings. The molecule has 0 aromatic rings. The predicted octanol–water partition coefficient (Wildman–Crippen LogP) is -1.24. The second-order valence-electron chi connectivity index (χ2n) is 29.2. The molecule has 10 N–H and O–H groups in total. The molecule has 21 heteroatoms. The number of nitrogens with zero attached hydrogens (tertiary/aromatic N) is 10. The molecule has 0 aliphatic carbocycles. The number of rotatable bonds is 1. The number of nitrogens with one attached hydrogen (secondary N) is 10. The molecule has 0 amide bonds. The first-order valence-corrected chi connectivity index (χ1v) is 35.1. The van der Waals surface area contributed by atoms with E-state index in [0.29, 0.717) is 24.2 Å². The largest absolute Gasteiger partial charge is 0.378 e. The van der Waals surface area contributed by atoms with E-state index in [0.717, 1.165) is 126 Å². The Bertz CT molecular complexity index is 1580. The van der Waals surface area contributed by atoms with Crippen molar-refractivity contribution in [3.8, 4) is 0 Å². The maximum absolute atomic E-state index is 5.40. The number of likely N-dealkylation sites (N-methyl/N-ethyl adjacent to an activating group) is 10. The van der Waals surface area contributed by atoms with Gasteiger partial charge in [-0.05, 0) is 188 Å². The van der Waals surface area contributed by atoms with Crippen LogP contribution in [0.3, 0.4) is 0 Å². The van der Waals surface area contributed by atoms with E-state index in [9.17, 15) is 0 Å². The third-order valence-electron chi connectivity index (χ3n) is 21.1. The molecule has 16 rings (SSSR count). The van der Waals surface area contributed by atoms with Crippen molar-refractivity contribution in [3.63, 3.8) is 0 Å². The van der Waals surface area contributed by atoms with Crippen molar-refractivity contribution < 1.29 is 4.74 Å². The fraction of sp³-hybridized carbons (Fsp3) is 1.00. The summed E-state index contributed by atoms with van der Waals surface area (Å²) in [5, 5.41) is 34.1. The summed E-state index contributed by atoms with van der Waals surface area (Å²) in [5.74, 6) is 1.94. The lowest BCUT2D eigenvalue weighted by molar-refractivity contribution is 0.000319. The smallest absolute Gasteiger partial charge is 0.0633 e. The van der Waals surface area contributed by atoms with Gasteiger partial charge in [-0.2, -0.15) is 0 Å². The van der Waals surface area contributed by atoms with Gasteiger partial charge < -0.3 is 102 Å². The molecule has 16 saturated heterocycles. The number of piperidine rings is 2. The number of morpholine rings is 1. The molecule has 8 bridgehead atoms. The molecule has 0 radical (unpaired) electrons. The van der Waals surface area contributed by atoms with Crippen molar-refractivity contribution in [2.45, 2.75) is 145 Å². The van der Waals surface area contributed by atoms with Crippen LogP contribution in [0.1, 0.15) is 72.1 Å². The third-order valence-corrected chi connectivity index (χ3v) is 21.1. The second kappa shape index (κ2) is 41.0. The summed E-state index contributed by atoms with van der Waals surface area (Å²) in [7, 11) is 23.9.